The van der Waals surface area contributed by atoms with Crippen molar-refractivity contribution in [1.29, 1.82) is 0 Å². The van der Waals surface area contributed by atoms with E-state index in [0.29, 0.717) is 12.1 Å². The van der Waals surface area contributed by atoms with Gasteiger partial charge in [-0.05, 0) is 50.1 Å². The summed E-state index contributed by atoms with van der Waals surface area (Å²) in [5.74, 6) is 0. The molecule has 0 fully saturated rings. The van der Waals surface area contributed by atoms with Crippen molar-refractivity contribution in [2.75, 3.05) is 0 Å². The highest BCUT2D eigenvalue weighted by atomic mass is 32.1. The Morgan fingerprint density at radius 1 is 1.44 bits per heavy atom. The maximum atomic E-state index is 4.35. The molecule has 2 aromatic heterocycles. The summed E-state index contributed by atoms with van der Waals surface area (Å²) in [6, 6.07) is 3.22. The van der Waals surface area contributed by atoms with Crippen LogP contribution < -0.4 is 5.32 Å². The molecule has 2 atom stereocenters. The van der Waals surface area contributed by atoms with Gasteiger partial charge in [-0.15, -0.1) is 22.7 Å². The van der Waals surface area contributed by atoms with Crippen molar-refractivity contribution < 1.29 is 0 Å². The van der Waals surface area contributed by atoms with Gasteiger partial charge < -0.3 is 5.32 Å². The first-order chi connectivity index (χ1) is 8.75. The Morgan fingerprint density at radius 2 is 2.33 bits per heavy atom. The highest BCUT2D eigenvalue weighted by Gasteiger charge is 2.23. The Bertz CT molecular complexity index is 529. The molecule has 0 saturated heterocycles. The summed E-state index contributed by atoms with van der Waals surface area (Å²) in [6.07, 6.45) is 3.82. The summed E-state index contributed by atoms with van der Waals surface area (Å²) in [5.41, 5.74) is 4.64. The fourth-order valence-corrected chi connectivity index (χ4v) is 4.57. The first kappa shape index (κ1) is 12.3. The van der Waals surface area contributed by atoms with Crippen LogP contribution in [0.4, 0.5) is 0 Å². The Hall–Kier alpha value is -0.710. The minimum atomic E-state index is 0.397. The zero-order valence-corrected chi connectivity index (χ0v) is 12.4. The number of fused-ring (bicyclic) bond motifs is 1. The van der Waals surface area contributed by atoms with Crippen molar-refractivity contribution in [1.82, 2.24) is 10.3 Å². The number of thiazole rings is 1. The number of rotatable bonds is 3. The predicted molar refractivity (Wildman–Crippen MR) is 78.4 cm³/mol. The number of nitrogens with zero attached hydrogens (tertiary/aromatic N) is 1. The first-order valence-corrected chi connectivity index (χ1v) is 8.24. The average molecular weight is 278 g/mol. The van der Waals surface area contributed by atoms with Crippen LogP contribution in [0, 0.1) is 6.92 Å². The van der Waals surface area contributed by atoms with E-state index in [1.165, 1.54) is 35.4 Å². The second-order valence-electron chi connectivity index (χ2n) is 4.93. The molecule has 18 heavy (non-hydrogen) atoms. The summed E-state index contributed by atoms with van der Waals surface area (Å²) >= 11 is 3.67. The van der Waals surface area contributed by atoms with E-state index in [4.69, 9.17) is 0 Å². The summed E-state index contributed by atoms with van der Waals surface area (Å²) in [6.45, 7) is 4.35. The summed E-state index contributed by atoms with van der Waals surface area (Å²) in [7, 11) is 0. The first-order valence-electron chi connectivity index (χ1n) is 6.48. The van der Waals surface area contributed by atoms with E-state index in [1.807, 2.05) is 16.8 Å². The van der Waals surface area contributed by atoms with Crippen molar-refractivity contribution in [3.63, 3.8) is 0 Å². The van der Waals surface area contributed by atoms with Crippen molar-refractivity contribution in [3.8, 4) is 0 Å². The van der Waals surface area contributed by atoms with Crippen molar-refractivity contribution in [2.24, 2.45) is 0 Å². The number of aromatic nitrogens is 1. The molecule has 2 aromatic rings. The average Bonchev–Trinajstić information content (AvgIpc) is 2.97. The van der Waals surface area contributed by atoms with Gasteiger partial charge in [0.25, 0.3) is 0 Å². The lowest BCUT2D eigenvalue weighted by atomic mass is 9.93. The number of hydrogen-bond acceptors (Lipinski definition) is 4. The fraction of sp³-hybridized carbons (Fsp3) is 0.500. The Balaban J connectivity index is 1.77. The summed E-state index contributed by atoms with van der Waals surface area (Å²) in [4.78, 5) is 7.29. The largest absolute Gasteiger partial charge is 0.302 e. The van der Waals surface area contributed by atoms with Gasteiger partial charge in [0.05, 0.1) is 11.2 Å². The fourth-order valence-electron chi connectivity index (χ4n) is 2.76. The van der Waals surface area contributed by atoms with Crippen LogP contribution in [-0.4, -0.2) is 4.98 Å². The number of aryl methyl sites for hydroxylation is 2. The molecular weight excluding hydrogens is 260 g/mol. The monoisotopic (exact) mass is 278 g/mol. The third-order valence-corrected chi connectivity index (χ3v) is 5.79. The summed E-state index contributed by atoms with van der Waals surface area (Å²) in [5, 5.41) is 6.01. The van der Waals surface area contributed by atoms with Gasteiger partial charge in [0.1, 0.15) is 0 Å². The zero-order valence-electron chi connectivity index (χ0n) is 10.8. The normalized spacial score (nSPS) is 20.7. The SMILES string of the molecule is Cc1ncsc1C(C)NC1CCCc2sccc21. The lowest BCUT2D eigenvalue weighted by Gasteiger charge is -2.27. The third kappa shape index (κ3) is 2.25. The molecular formula is C14H18N2S2. The molecule has 0 radical (unpaired) electrons. The molecule has 1 aliphatic rings. The molecule has 2 heterocycles. The predicted octanol–water partition coefficient (Wildman–Crippen LogP) is 4.24. The van der Waals surface area contributed by atoms with Crippen LogP contribution >= 0.6 is 22.7 Å². The maximum absolute atomic E-state index is 4.35. The molecule has 0 bridgehead atoms. The Labute approximate surface area is 116 Å². The van der Waals surface area contributed by atoms with Gasteiger partial charge in [0.2, 0.25) is 0 Å². The lowest BCUT2D eigenvalue weighted by Crippen LogP contribution is -2.26. The molecule has 96 valence electrons. The molecule has 0 aliphatic heterocycles. The molecule has 2 nitrogen and oxygen atoms in total. The van der Waals surface area contributed by atoms with Gasteiger partial charge in [-0.25, -0.2) is 4.98 Å². The molecule has 3 rings (SSSR count). The topological polar surface area (TPSA) is 24.9 Å². The lowest BCUT2D eigenvalue weighted by molar-refractivity contribution is 0.420. The van der Waals surface area contributed by atoms with Crippen LogP contribution in [-0.2, 0) is 6.42 Å². The number of nitrogens with one attached hydrogen (secondary N) is 1. The third-order valence-electron chi connectivity index (χ3n) is 3.68. The molecule has 2 unspecified atom stereocenters. The maximum Gasteiger partial charge on any atom is 0.0798 e. The number of thiophene rings is 1. The molecule has 0 aromatic carbocycles. The molecule has 0 saturated carbocycles. The van der Waals surface area contributed by atoms with Crippen molar-refractivity contribution >= 4 is 22.7 Å². The van der Waals surface area contributed by atoms with Crippen LogP contribution in [0.2, 0.25) is 0 Å². The number of hydrogen-bond donors (Lipinski definition) is 1. The van der Waals surface area contributed by atoms with Crippen LogP contribution in [0.5, 0.6) is 0 Å². The van der Waals surface area contributed by atoms with Gasteiger partial charge in [-0.1, -0.05) is 0 Å². The second kappa shape index (κ2) is 5.11. The molecule has 1 N–H and O–H groups in total. The smallest absolute Gasteiger partial charge is 0.0798 e. The van der Waals surface area contributed by atoms with E-state index in [-0.39, 0.29) is 0 Å². The molecule has 0 spiro atoms. The van der Waals surface area contributed by atoms with E-state index in [9.17, 15) is 0 Å². The highest BCUT2D eigenvalue weighted by Crippen LogP contribution is 2.35. The standard InChI is InChI=1S/C14H18N2S2/c1-9-14(18-8-15-9)10(2)16-12-4-3-5-13-11(12)6-7-17-13/h6-8,10,12,16H,3-5H2,1-2H3. The van der Waals surface area contributed by atoms with E-state index >= 15 is 0 Å². The van der Waals surface area contributed by atoms with Crippen LogP contribution in [0.15, 0.2) is 17.0 Å². The van der Waals surface area contributed by atoms with Crippen LogP contribution in [0.3, 0.4) is 0 Å². The van der Waals surface area contributed by atoms with E-state index in [2.05, 4.69) is 35.6 Å². The van der Waals surface area contributed by atoms with Gasteiger partial charge in [0, 0.05) is 21.8 Å². The second-order valence-corrected chi connectivity index (χ2v) is 6.82. The van der Waals surface area contributed by atoms with Crippen molar-refractivity contribution in [3.05, 3.63) is 38.0 Å². The zero-order chi connectivity index (χ0) is 12.5. The highest BCUT2D eigenvalue weighted by molar-refractivity contribution is 7.10. The molecule has 4 heteroatoms. The van der Waals surface area contributed by atoms with E-state index in [0.717, 1.165) is 0 Å². The Kier molecular flexibility index (Phi) is 3.50. The molecule has 0 amide bonds. The van der Waals surface area contributed by atoms with Gasteiger partial charge in [-0.2, -0.15) is 0 Å². The van der Waals surface area contributed by atoms with Crippen molar-refractivity contribution in [2.45, 2.75) is 45.2 Å². The Morgan fingerprint density at radius 3 is 3.11 bits per heavy atom. The van der Waals surface area contributed by atoms with Gasteiger partial charge in [-0.3, -0.25) is 0 Å². The van der Waals surface area contributed by atoms with Gasteiger partial charge in [0.15, 0.2) is 0 Å². The van der Waals surface area contributed by atoms with E-state index < -0.39 is 0 Å². The molecule has 1 aliphatic carbocycles. The van der Waals surface area contributed by atoms with Gasteiger partial charge >= 0.3 is 0 Å². The minimum absolute atomic E-state index is 0.397. The van der Waals surface area contributed by atoms with E-state index in [1.54, 1.807) is 16.2 Å². The van der Waals surface area contributed by atoms with Crippen LogP contribution in [0.1, 0.15) is 52.9 Å². The van der Waals surface area contributed by atoms with Crippen LogP contribution in [0.25, 0.3) is 0 Å². The quantitative estimate of drug-likeness (QED) is 0.908. The minimum Gasteiger partial charge on any atom is -0.302 e. The summed E-state index contributed by atoms with van der Waals surface area (Å²) < 4.78 is 0.